The number of rotatable bonds is 2. The maximum Gasteiger partial charge on any atom is 0.225 e. The number of carbonyl (C=O) groups is 1. The summed E-state index contributed by atoms with van der Waals surface area (Å²) in [5, 5.41) is 14.0. The second-order valence-electron chi connectivity index (χ2n) is 4.86. The Hall–Kier alpha value is -1.46. The Morgan fingerprint density at radius 2 is 2.38 bits per heavy atom. The molecule has 1 saturated carbocycles. The predicted octanol–water partition coefficient (Wildman–Crippen LogP) is 0.172. The molecular formula is C10H15N5O. The van der Waals surface area contributed by atoms with Crippen molar-refractivity contribution in [2.24, 2.45) is 11.8 Å². The fourth-order valence-corrected chi connectivity index (χ4v) is 2.41. The predicted molar refractivity (Wildman–Crippen MR) is 55.4 cm³/mol. The van der Waals surface area contributed by atoms with Crippen LogP contribution in [0.15, 0.2) is 0 Å². The van der Waals surface area contributed by atoms with Crippen LogP contribution in [0.3, 0.4) is 0 Å². The standard InChI is InChI=1S/C10H15N5O/c1-6-4-8(6)10(16)15-3-2-7(5-15)9-11-13-14-12-9/h6-8H,2-5H2,1H3,(H,11,12,13,14)/t6-,7?,8-/m1/s1. The smallest absolute Gasteiger partial charge is 0.225 e. The van der Waals surface area contributed by atoms with Crippen LogP contribution in [-0.4, -0.2) is 44.5 Å². The van der Waals surface area contributed by atoms with Gasteiger partial charge < -0.3 is 4.90 Å². The molecule has 2 heterocycles. The minimum Gasteiger partial charge on any atom is -0.342 e. The molecule has 0 bridgehead atoms. The maximum absolute atomic E-state index is 12.0. The fourth-order valence-electron chi connectivity index (χ4n) is 2.41. The molecule has 1 aromatic heterocycles. The molecule has 1 aromatic rings. The van der Waals surface area contributed by atoms with Crippen LogP contribution in [0, 0.1) is 11.8 Å². The minimum absolute atomic E-state index is 0.261. The van der Waals surface area contributed by atoms with E-state index in [4.69, 9.17) is 0 Å². The van der Waals surface area contributed by atoms with Gasteiger partial charge in [-0.15, -0.1) is 10.2 Å². The molecule has 3 atom stereocenters. The summed E-state index contributed by atoms with van der Waals surface area (Å²) in [5.74, 6) is 2.18. The molecule has 1 aliphatic heterocycles. The zero-order chi connectivity index (χ0) is 11.1. The Morgan fingerprint density at radius 3 is 3.00 bits per heavy atom. The lowest BCUT2D eigenvalue weighted by atomic mass is 10.1. The summed E-state index contributed by atoms with van der Waals surface area (Å²) in [4.78, 5) is 13.9. The van der Waals surface area contributed by atoms with Gasteiger partial charge in [-0.1, -0.05) is 12.1 Å². The Morgan fingerprint density at radius 1 is 1.56 bits per heavy atom. The molecule has 1 saturated heterocycles. The van der Waals surface area contributed by atoms with Gasteiger partial charge in [-0.05, 0) is 18.8 Å². The molecule has 1 aliphatic carbocycles. The lowest BCUT2D eigenvalue weighted by molar-refractivity contribution is -0.131. The molecule has 0 radical (unpaired) electrons. The van der Waals surface area contributed by atoms with Gasteiger partial charge in [-0.3, -0.25) is 4.79 Å². The molecule has 6 heteroatoms. The summed E-state index contributed by atoms with van der Waals surface area (Å²) in [7, 11) is 0. The van der Waals surface area contributed by atoms with E-state index in [1.54, 1.807) is 0 Å². The van der Waals surface area contributed by atoms with E-state index in [-0.39, 0.29) is 11.8 Å². The van der Waals surface area contributed by atoms with Crippen LogP contribution in [0.4, 0.5) is 0 Å². The number of nitrogens with one attached hydrogen (secondary N) is 1. The van der Waals surface area contributed by atoms with Gasteiger partial charge in [0.25, 0.3) is 0 Å². The Balaban J connectivity index is 1.63. The number of likely N-dealkylation sites (tertiary alicyclic amines) is 1. The SMILES string of the molecule is C[C@@H]1C[C@H]1C(=O)N1CCC(c2nn[nH]n2)C1. The molecule has 1 amide bonds. The average Bonchev–Trinajstić information content (AvgIpc) is 2.82. The first-order valence-electron chi connectivity index (χ1n) is 5.78. The summed E-state index contributed by atoms with van der Waals surface area (Å²) in [6, 6.07) is 0. The Bertz CT molecular complexity index is 390. The lowest BCUT2D eigenvalue weighted by Crippen LogP contribution is -2.30. The topological polar surface area (TPSA) is 74.8 Å². The van der Waals surface area contributed by atoms with Crippen LogP contribution in [0.5, 0.6) is 0 Å². The van der Waals surface area contributed by atoms with Gasteiger partial charge in [0, 0.05) is 24.9 Å². The average molecular weight is 221 g/mol. The van der Waals surface area contributed by atoms with Crippen LogP contribution in [-0.2, 0) is 4.79 Å². The highest BCUT2D eigenvalue weighted by Gasteiger charge is 2.43. The number of hydrogen-bond acceptors (Lipinski definition) is 4. The van der Waals surface area contributed by atoms with E-state index in [1.165, 1.54) is 0 Å². The van der Waals surface area contributed by atoms with Crippen LogP contribution < -0.4 is 0 Å². The van der Waals surface area contributed by atoms with Crippen molar-refractivity contribution < 1.29 is 4.79 Å². The van der Waals surface area contributed by atoms with Crippen molar-refractivity contribution >= 4 is 5.91 Å². The molecule has 3 rings (SSSR count). The molecule has 1 N–H and O–H groups in total. The van der Waals surface area contributed by atoms with Gasteiger partial charge >= 0.3 is 0 Å². The fraction of sp³-hybridized carbons (Fsp3) is 0.800. The highest BCUT2D eigenvalue weighted by Crippen LogP contribution is 2.40. The number of carbonyl (C=O) groups excluding carboxylic acids is 1. The van der Waals surface area contributed by atoms with Crippen molar-refractivity contribution in [3.05, 3.63) is 5.82 Å². The molecule has 2 aliphatic rings. The first-order chi connectivity index (χ1) is 7.75. The first-order valence-corrected chi connectivity index (χ1v) is 5.78. The number of amides is 1. The monoisotopic (exact) mass is 221 g/mol. The highest BCUT2D eigenvalue weighted by molar-refractivity contribution is 5.81. The largest absolute Gasteiger partial charge is 0.342 e. The van der Waals surface area contributed by atoms with E-state index < -0.39 is 0 Å². The highest BCUT2D eigenvalue weighted by atomic mass is 16.2. The third-order valence-corrected chi connectivity index (χ3v) is 3.65. The van der Waals surface area contributed by atoms with Crippen LogP contribution in [0.25, 0.3) is 0 Å². The molecule has 0 aromatic carbocycles. The summed E-state index contributed by atoms with van der Waals surface area (Å²) < 4.78 is 0. The van der Waals surface area contributed by atoms with E-state index in [0.717, 1.165) is 31.8 Å². The normalized spacial score (nSPS) is 33.1. The second kappa shape index (κ2) is 3.54. The molecular weight excluding hydrogens is 206 g/mol. The zero-order valence-corrected chi connectivity index (χ0v) is 9.26. The van der Waals surface area contributed by atoms with Crippen molar-refractivity contribution in [1.29, 1.82) is 0 Å². The van der Waals surface area contributed by atoms with Gasteiger partial charge in [0.2, 0.25) is 5.91 Å². The first kappa shape index (κ1) is 9.74. The van der Waals surface area contributed by atoms with Gasteiger partial charge in [0.1, 0.15) is 0 Å². The van der Waals surface area contributed by atoms with E-state index >= 15 is 0 Å². The third kappa shape index (κ3) is 1.58. The molecule has 1 unspecified atom stereocenters. The zero-order valence-electron chi connectivity index (χ0n) is 9.26. The summed E-state index contributed by atoms with van der Waals surface area (Å²) >= 11 is 0. The number of aromatic amines is 1. The van der Waals surface area contributed by atoms with Crippen LogP contribution in [0.1, 0.15) is 31.5 Å². The molecule has 0 spiro atoms. The Labute approximate surface area is 93.4 Å². The lowest BCUT2D eigenvalue weighted by Gasteiger charge is -2.15. The molecule has 86 valence electrons. The van der Waals surface area contributed by atoms with Gasteiger partial charge in [-0.25, -0.2) is 0 Å². The van der Waals surface area contributed by atoms with Crippen molar-refractivity contribution in [3.63, 3.8) is 0 Å². The van der Waals surface area contributed by atoms with E-state index in [1.807, 2.05) is 4.90 Å². The van der Waals surface area contributed by atoms with Gasteiger partial charge in [-0.2, -0.15) is 5.21 Å². The number of nitrogens with zero attached hydrogens (tertiary/aromatic N) is 4. The van der Waals surface area contributed by atoms with Crippen LogP contribution in [0.2, 0.25) is 0 Å². The van der Waals surface area contributed by atoms with Gasteiger partial charge in [0.05, 0.1) is 0 Å². The summed E-state index contributed by atoms with van der Waals surface area (Å²) in [6.45, 7) is 3.72. The minimum atomic E-state index is 0.261. The van der Waals surface area contributed by atoms with E-state index in [2.05, 4.69) is 27.5 Å². The van der Waals surface area contributed by atoms with Crippen molar-refractivity contribution in [2.75, 3.05) is 13.1 Å². The number of tetrazole rings is 1. The van der Waals surface area contributed by atoms with E-state index in [0.29, 0.717) is 11.8 Å². The molecule has 2 fully saturated rings. The maximum atomic E-state index is 12.0. The Kier molecular flexibility index (Phi) is 2.15. The van der Waals surface area contributed by atoms with Crippen molar-refractivity contribution in [3.8, 4) is 0 Å². The summed E-state index contributed by atoms with van der Waals surface area (Å²) in [5.41, 5.74) is 0. The van der Waals surface area contributed by atoms with Crippen molar-refractivity contribution in [1.82, 2.24) is 25.5 Å². The van der Waals surface area contributed by atoms with Crippen LogP contribution >= 0.6 is 0 Å². The van der Waals surface area contributed by atoms with Crippen molar-refractivity contribution in [2.45, 2.75) is 25.7 Å². The quantitative estimate of drug-likeness (QED) is 0.772. The summed E-state index contributed by atoms with van der Waals surface area (Å²) in [6.07, 6.45) is 2.01. The second-order valence-corrected chi connectivity index (χ2v) is 4.86. The van der Waals surface area contributed by atoms with E-state index in [9.17, 15) is 4.79 Å². The third-order valence-electron chi connectivity index (χ3n) is 3.65. The number of hydrogen-bond donors (Lipinski definition) is 1. The number of H-pyrrole nitrogens is 1. The van der Waals surface area contributed by atoms with Gasteiger partial charge in [0.15, 0.2) is 5.82 Å². The number of aromatic nitrogens is 4. The molecule has 16 heavy (non-hydrogen) atoms. The molecule has 6 nitrogen and oxygen atoms in total.